The summed E-state index contributed by atoms with van der Waals surface area (Å²) in [6.45, 7) is 2.09. The molecule has 84 valence electrons. The predicted molar refractivity (Wildman–Crippen MR) is 80.9 cm³/mol. The van der Waals surface area contributed by atoms with Crippen molar-refractivity contribution in [3.8, 4) is 0 Å². The highest BCUT2D eigenvalue weighted by Crippen LogP contribution is 2.39. The van der Waals surface area contributed by atoms with Gasteiger partial charge in [-0.15, -0.1) is 22.9 Å². The van der Waals surface area contributed by atoms with Gasteiger partial charge in [-0.2, -0.15) is 0 Å². The molecule has 0 saturated heterocycles. The average Bonchev–Trinajstić information content (AvgIpc) is 2.68. The number of halogens is 3. The van der Waals surface area contributed by atoms with Crippen LogP contribution in [-0.4, -0.2) is 0 Å². The number of benzene rings is 1. The van der Waals surface area contributed by atoms with Crippen LogP contribution in [0.15, 0.2) is 29.6 Å². The minimum atomic E-state index is -0.153. The molecular weight excluding hydrogens is 374 g/mol. The van der Waals surface area contributed by atoms with Crippen molar-refractivity contribution in [3.63, 3.8) is 0 Å². The van der Waals surface area contributed by atoms with Crippen molar-refractivity contribution in [1.82, 2.24) is 0 Å². The second kappa shape index (κ2) is 5.25. The van der Waals surface area contributed by atoms with E-state index in [0.717, 1.165) is 15.5 Å². The van der Waals surface area contributed by atoms with Crippen LogP contribution in [0, 0.1) is 10.5 Å². The van der Waals surface area contributed by atoms with Crippen molar-refractivity contribution < 1.29 is 0 Å². The standard InChI is InChI=1S/C12H9Cl2IS/c1-7-3-2-4-8(11(7)15)10(14)12-9(13)5-6-16-12/h2-6,10H,1H3. The van der Waals surface area contributed by atoms with Gasteiger partial charge in [-0.3, -0.25) is 0 Å². The minimum Gasteiger partial charge on any atom is -0.145 e. The smallest absolute Gasteiger partial charge is 0.0953 e. The van der Waals surface area contributed by atoms with Crippen LogP contribution in [0.1, 0.15) is 21.4 Å². The Morgan fingerprint density at radius 1 is 1.31 bits per heavy atom. The molecule has 2 rings (SSSR count). The van der Waals surface area contributed by atoms with E-state index in [0.29, 0.717) is 0 Å². The molecule has 1 aromatic heterocycles. The van der Waals surface area contributed by atoms with Crippen LogP contribution >= 0.6 is 57.1 Å². The first-order valence-corrected chi connectivity index (χ1v) is 7.50. The molecule has 0 spiro atoms. The fourth-order valence-electron chi connectivity index (χ4n) is 1.49. The number of hydrogen-bond donors (Lipinski definition) is 0. The number of aryl methyl sites for hydroxylation is 1. The highest BCUT2D eigenvalue weighted by molar-refractivity contribution is 14.1. The van der Waals surface area contributed by atoms with Crippen molar-refractivity contribution >= 4 is 57.1 Å². The van der Waals surface area contributed by atoms with E-state index in [-0.39, 0.29) is 5.38 Å². The molecule has 0 nitrogen and oxygen atoms in total. The summed E-state index contributed by atoms with van der Waals surface area (Å²) in [6, 6.07) is 8.07. The number of alkyl halides is 1. The fourth-order valence-corrected chi connectivity index (χ4v) is 4.02. The van der Waals surface area contributed by atoms with Gasteiger partial charge in [0.2, 0.25) is 0 Å². The first-order valence-electron chi connectivity index (χ1n) is 4.73. The summed E-state index contributed by atoms with van der Waals surface area (Å²) >= 11 is 16.5. The van der Waals surface area contributed by atoms with Crippen molar-refractivity contribution in [2.24, 2.45) is 0 Å². The largest absolute Gasteiger partial charge is 0.145 e. The van der Waals surface area contributed by atoms with Crippen LogP contribution in [0.5, 0.6) is 0 Å². The Morgan fingerprint density at radius 2 is 2.06 bits per heavy atom. The lowest BCUT2D eigenvalue weighted by molar-refractivity contribution is 1.15. The maximum absolute atomic E-state index is 6.48. The molecule has 1 unspecified atom stereocenters. The normalized spacial score (nSPS) is 12.8. The quantitative estimate of drug-likeness (QED) is 0.465. The summed E-state index contributed by atoms with van der Waals surface area (Å²) in [4.78, 5) is 1.02. The van der Waals surface area contributed by atoms with E-state index >= 15 is 0 Å². The van der Waals surface area contributed by atoms with Gasteiger partial charge in [0.05, 0.1) is 10.4 Å². The molecule has 0 aliphatic carbocycles. The van der Waals surface area contributed by atoms with Gasteiger partial charge >= 0.3 is 0 Å². The lowest BCUT2D eigenvalue weighted by Crippen LogP contribution is -1.96. The van der Waals surface area contributed by atoms with E-state index in [1.54, 1.807) is 11.3 Å². The molecule has 1 heterocycles. The monoisotopic (exact) mass is 382 g/mol. The summed E-state index contributed by atoms with van der Waals surface area (Å²) < 4.78 is 1.21. The zero-order valence-corrected chi connectivity index (χ0v) is 13.0. The third kappa shape index (κ3) is 2.40. The molecule has 16 heavy (non-hydrogen) atoms. The SMILES string of the molecule is Cc1cccc(C(Cl)c2sccc2Cl)c1I. The minimum absolute atomic E-state index is 0.153. The third-order valence-electron chi connectivity index (χ3n) is 2.37. The van der Waals surface area contributed by atoms with Gasteiger partial charge < -0.3 is 0 Å². The van der Waals surface area contributed by atoms with Gasteiger partial charge in [-0.05, 0) is 52.1 Å². The lowest BCUT2D eigenvalue weighted by Gasteiger charge is -2.12. The molecule has 0 N–H and O–H groups in total. The van der Waals surface area contributed by atoms with Crippen LogP contribution in [0.25, 0.3) is 0 Å². The molecule has 0 fully saturated rings. The maximum atomic E-state index is 6.48. The zero-order valence-electron chi connectivity index (χ0n) is 8.51. The van der Waals surface area contributed by atoms with Crippen LogP contribution in [-0.2, 0) is 0 Å². The summed E-state index contributed by atoms with van der Waals surface area (Å²) in [5.41, 5.74) is 2.38. The fraction of sp³-hybridized carbons (Fsp3) is 0.167. The summed E-state index contributed by atoms with van der Waals surface area (Å²) in [6.07, 6.45) is 0. The molecule has 0 radical (unpaired) electrons. The van der Waals surface area contributed by atoms with E-state index < -0.39 is 0 Å². The second-order valence-electron chi connectivity index (χ2n) is 3.47. The summed E-state index contributed by atoms with van der Waals surface area (Å²) in [7, 11) is 0. The van der Waals surface area contributed by atoms with Crippen molar-refractivity contribution in [2.75, 3.05) is 0 Å². The van der Waals surface area contributed by atoms with Gasteiger partial charge in [0.15, 0.2) is 0 Å². The lowest BCUT2D eigenvalue weighted by atomic mass is 10.1. The highest BCUT2D eigenvalue weighted by Gasteiger charge is 2.18. The topological polar surface area (TPSA) is 0 Å². The van der Waals surface area contributed by atoms with Gasteiger partial charge in [0, 0.05) is 8.45 Å². The van der Waals surface area contributed by atoms with Crippen LogP contribution in [0.3, 0.4) is 0 Å². The Labute approximate surface area is 123 Å². The molecule has 0 aliphatic heterocycles. The van der Waals surface area contributed by atoms with Crippen LogP contribution in [0.4, 0.5) is 0 Å². The second-order valence-corrected chi connectivity index (χ2v) is 6.34. The van der Waals surface area contributed by atoms with Gasteiger partial charge in [-0.1, -0.05) is 29.8 Å². The number of rotatable bonds is 2. The summed E-state index contributed by atoms with van der Waals surface area (Å²) in [5.74, 6) is 0. The van der Waals surface area contributed by atoms with Gasteiger partial charge in [0.25, 0.3) is 0 Å². The Kier molecular flexibility index (Phi) is 4.16. The van der Waals surface area contributed by atoms with Gasteiger partial charge in [0.1, 0.15) is 0 Å². The molecule has 0 saturated carbocycles. The highest BCUT2D eigenvalue weighted by atomic mass is 127. The van der Waals surface area contributed by atoms with Crippen molar-refractivity contribution in [2.45, 2.75) is 12.3 Å². The molecule has 0 bridgehead atoms. The number of hydrogen-bond acceptors (Lipinski definition) is 1. The van der Waals surface area contributed by atoms with E-state index in [9.17, 15) is 0 Å². The first-order chi connectivity index (χ1) is 7.61. The molecule has 1 aromatic carbocycles. The predicted octanol–water partition coefficient (Wildman–Crippen LogP) is 5.64. The molecule has 4 heteroatoms. The zero-order chi connectivity index (χ0) is 11.7. The molecular formula is C12H9Cl2IS. The van der Waals surface area contributed by atoms with Crippen LogP contribution in [0.2, 0.25) is 5.02 Å². The van der Waals surface area contributed by atoms with Crippen LogP contribution < -0.4 is 0 Å². The Balaban J connectivity index is 2.46. The average molecular weight is 383 g/mol. The molecule has 1 atom stereocenters. The van der Waals surface area contributed by atoms with Crippen molar-refractivity contribution in [1.29, 1.82) is 0 Å². The maximum Gasteiger partial charge on any atom is 0.0953 e. The first kappa shape index (κ1) is 12.7. The van der Waals surface area contributed by atoms with Gasteiger partial charge in [-0.25, -0.2) is 0 Å². The third-order valence-corrected chi connectivity index (χ3v) is 5.85. The molecule has 0 amide bonds. The molecule has 2 aromatic rings. The Morgan fingerprint density at radius 3 is 2.69 bits per heavy atom. The van der Waals surface area contributed by atoms with E-state index in [1.165, 1.54) is 9.13 Å². The van der Waals surface area contributed by atoms with E-state index in [1.807, 2.05) is 17.5 Å². The van der Waals surface area contributed by atoms with E-state index in [4.69, 9.17) is 23.2 Å². The Bertz CT molecular complexity index is 507. The Hall–Kier alpha value is 0.230. The number of thiophene rings is 1. The van der Waals surface area contributed by atoms with Crippen molar-refractivity contribution in [3.05, 3.63) is 54.2 Å². The molecule has 0 aliphatic rings. The van der Waals surface area contributed by atoms with E-state index in [2.05, 4.69) is 41.6 Å². The summed E-state index contributed by atoms with van der Waals surface area (Å²) in [5, 5.41) is 2.57.